The fourth-order valence-corrected chi connectivity index (χ4v) is 3.21. The largest absolute Gasteiger partial charge is 0.465 e. The molecular weight excluding hydrogens is 405 g/mol. The van der Waals surface area contributed by atoms with Gasteiger partial charge < -0.3 is 20.3 Å². The summed E-state index contributed by atoms with van der Waals surface area (Å²) in [6, 6.07) is 9.02. The van der Waals surface area contributed by atoms with Crippen LogP contribution in [0.25, 0.3) is 22.0 Å². The molecule has 7 nitrogen and oxygen atoms in total. The number of aliphatic hydroxyl groups is 2. The molecule has 0 fully saturated rings. The summed E-state index contributed by atoms with van der Waals surface area (Å²) in [5.41, 5.74) is -1.82. The SMILES string of the molecule is O=C(O)N(c1ccc2cc(-c3ccccc3C(F)(F)F)[nH]c(=O)c2c1)C(CO)CO. The summed E-state index contributed by atoms with van der Waals surface area (Å²) >= 11 is 0. The Morgan fingerprint density at radius 1 is 1.07 bits per heavy atom. The van der Waals surface area contributed by atoms with Crippen LogP contribution in [0.5, 0.6) is 0 Å². The molecule has 0 aliphatic heterocycles. The van der Waals surface area contributed by atoms with Crippen LogP contribution in [0.1, 0.15) is 5.56 Å². The van der Waals surface area contributed by atoms with Crippen molar-refractivity contribution < 1.29 is 33.3 Å². The van der Waals surface area contributed by atoms with Gasteiger partial charge in [-0.25, -0.2) is 4.79 Å². The molecule has 0 aliphatic rings. The number of H-pyrrole nitrogens is 1. The van der Waals surface area contributed by atoms with Crippen LogP contribution in [-0.2, 0) is 6.18 Å². The van der Waals surface area contributed by atoms with E-state index in [1.54, 1.807) is 0 Å². The molecule has 0 atom stereocenters. The van der Waals surface area contributed by atoms with Gasteiger partial charge in [0.1, 0.15) is 0 Å². The number of carboxylic acid groups (broad SMARTS) is 1. The number of halogens is 3. The maximum atomic E-state index is 13.3. The van der Waals surface area contributed by atoms with Crippen molar-refractivity contribution in [3.05, 3.63) is 64.4 Å². The van der Waals surface area contributed by atoms with Crippen LogP contribution in [0.3, 0.4) is 0 Å². The number of carbonyl (C=O) groups is 1. The van der Waals surface area contributed by atoms with Gasteiger partial charge in [-0.05, 0) is 29.7 Å². The average Bonchev–Trinajstić information content (AvgIpc) is 2.71. The third kappa shape index (κ3) is 4.00. The summed E-state index contributed by atoms with van der Waals surface area (Å²) in [4.78, 5) is 27.3. The molecule has 10 heteroatoms. The third-order valence-corrected chi connectivity index (χ3v) is 4.62. The summed E-state index contributed by atoms with van der Waals surface area (Å²) in [5, 5.41) is 28.4. The Kier molecular flexibility index (Phi) is 5.81. The second-order valence-corrected chi connectivity index (χ2v) is 6.50. The van der Waals surface area contributed by atoms with Crippen molar-refractivity contribution in [1.29, 1.82) is 0 Å². The van der Waals surface area contributed by atoms with Crippen LogP contribution in [0.2, 0.25) is 0 Å². The van der Waals surface area contributed by atoms with E-state index in [9.17, 15) is 38.1 Å². The summed E-state index contributed by atoms with van der Waals surface area (Å²) in [6.07, 6.45) is -6.06. The van der Waals surface area contributed by atoms with Crippen molar-refractivity contribution in [2.45, 2.75) is 12.2 Å². The van der Waals surface area contributed by atoms with Crippen molar-refractivity contribution in [2.75, 3.05) is 18.1 Å². The molecule has 3 aromatic rings. The second-order valence-electron chi connectivity index (χ2n) is 6.50. The van der Waals surface area contributed by atoms with Crippen molar-refractivity contribution in [2.24, 2.45) is 0 Å². The van der Waals surface area contributed by atoms with E-state index >= 15 is 0 Å². The quantitative estimate of drug-likeness (QED) is 0.505. The van der Waals surface area contributed by atoms with E-state index in [0.717, 1.165) is 6.07 Å². The number of aliphatic hydroxyl groups excluding tert-OH is 2. The van der Waals surface area contributed by atoms with Crippen LogP contribution in [0.4, 0.5) is 23.7 Å². The second kappa shape index (κ2) is 8.17. The van der Waals surface area contributed by atoms with Crippen LogP contribution in [-0.4, -0.2) is 45.7 Å². The first-order chi connectivity index (χ1) is 14.2. The molecule has 0 saturated heterocycles. The van der Waals surface area contributed by atoms with Crippen LogP contribution < -0.4 is 10.5 Å². The summed E-state index contributed by atoms with van der Waals surface area (Å²) in [5.74, 6) is 0. The number of pyridine rings is 1. The third-order valence-electron chi connectivity index (χ3n) is 4.62. The lowest BCUT2D eigenvalue weighted by atomic mass is 10.0. The van der Waals surface area contributed by atoms with Gasteiger partial charge in [0.15, 0.2) is 0 Å². The Labute approximate surface area is 167 Å². The van der Waals surface area contributed by atoms with Crippen molar-refractivity contribution >= 4 is 22.6 Å². The number of nitrogens with zero attached hydrogens (tertiary/aromatic N) is 1. The number of rotatable bonds is 5. The molecule has 4 N–H and O–H groups in total. The molecule has 0 spiro atoms. The molecule has 0 saturated carbocycles. The lowest BCUT2D eigenvalue weighted by Gasteiger charge is -2.26. The van der Waals surface area contributed by atoms with Gasteiger partial charge in [-0.3, -0.25) is 9.69 Å². The monoisotopic (exact) mass is 422 g/mol. The number of fused-ring (bicyclic) bond motifs is 1. The molecule has 0 unspecified atom stereocenters. The van der Waals surface area contributed by atoms with E-state index < -0.39 is 42.6 Å². The summed E-state index contributed by atoms with van der Waals surface area (Å²) in [7, 11) is 0. The highest BCUT2D eigenvalue weighted by Crippen LogP contribution is 2.36. The molecule has 30 heavy (non-hydrogen) atoms. The molecule has 0 radical (unpaired) electrons. The molecule has 1 amide bonds. The van der Waals surface area contributed by atoms with Crippen molar-refractivity contribution in [3.8, 4) is 11.3 Å². The fraction of sp³-hybridized carbons (Fsp3) is 0.200. The lowest BCUT2D eigenvalue weighted by Crippen LogP contribution is -2.44. The number of aromatic amines is 1. The number of alkyl halides is 3. The van der Waals surface area contributed by atoms with Gasteiger partial charge in [-0.2, -0.15) is 13.2 Å². The topological polar surface area (TPSA) is 114 Å². The number of hydrogen-bond acceptors (Lipinski definition) is 4. The Hall–Kier alpha value is -3.37. The minimum Gasteiger partial charge on any atom is -0.465 e. The molecule has 1 aromatic heterocycles. The highest BCUT2D eigenvalue weighted by atomic mass is 19.4. The van der Waals surface area contributed by atoms with E-state index in [0.29, 0.717) is 10.3 Å². The summed E-state index contributed by atoms with van der Waals surface area (Å²) < 4.78 is 39.9. The van der Waals surface area contributed by atoms with Gasteiger partial charge in [0.25, 0.3) is 5.56 Å². The van der Waals surface area contributed by atoms with E-state index in [1.807, 2.05) is 0 Å². The predicted molar refractivity (Wildman–Crippen MR) is 103 cm³/mol. The number of nitrogens with one attached hydrogen (secondary N) is 1. The number of amides is 1. The number of benzene rings is 2. The minimum atomic E-state index is -4.61. The smallest absolute Gasteiger partial charge is 0.417 e. The minimum absolute atomic E-state index is 0.0250. The molecule has 0 aliphatic carbocycles. The number of hydrogen-bond donors (Lipinski definition) is 4. The van der Waals surface area contributed by atoms with E-state index in [2.05, 4.69) is 4.98 Å². The van der Waals surface area contributed by atoms with E-state index in [4.69, 9.17) is 0 Å². The Morgan fingerprint density at radius 3 is 2.33 bits per heavy atom. The van der Waals surface area contributed by atoms with Gasteiger partial charge in [-0.1, -0.05) is 24.3 Å². The number of anilines is 1. The Morgan fingerprint density at radius 2 is 1.73 bits per heavy atom. The lowest BCUT2D eigenvalue weighted by molar-refractivity contribution is -0.137. The van der Waals surface area contributed by atoms with Crippen LogP contribution >= 0.6 is 0 Å². The van der Waals surface area contributed by atoms with E-state index in [-0.39, 0.29) is 22.3 Å². The highest BCUT2D eigenvalue weighted by molar-refractivity contribution is 5.93. The van der Waals surface area contributed by atoms with Crippen molar-refractivity contribution in [1.82, 2.24) is 4.98 Å². The van der Waals surface area contributed by atoms with Crippen LogP contribution in [0.15, 0.2) is 53.3 Å². The highest BCUT2D eigenvalue weighted by Gasteiger charge is 2.33. The first kappa shape index (κ1) is 21.3. The molecule has 1 heterocycles. The molecule has 158 valence electrons. The summed E-state index contributed by atoms with van der Waals surface area (Å²) in [6.45, 7) is -1.30. The zero-order valence-corrected chi connectivity index (χ0v) is 15.3. The van der Waals surface area contributed by atoms with Crippen molar-refractivity contribution in [3.63, 3.8) is 0 Å². The molecule has 2 aromatic carbocycles. The molecule has 3 rings (SSSR count). The first-order valence-corrected chi connectivity index (χ1v) is 8.75. The Balaban J connectivity index is 2.15. The Bertz CT molecular complexity index is 1140. The predicted octanol–water partition coefficient (Wildman–Crippen LogP) is 3.05. The molecular formula is C20H17F3N2O5. The maximum Gasteiger partial charge on any atom is 0.417 e. The number of aromatic nitrogens is 1. The first-order valence-electron chi connectivity index (χ1n) is 8.75. The van der Waals surface area contributed by atoms with Gasteiger partial charge >= 0.3 is 12.3 Å². The average molecular weight is 422 g/mol. The van der Waals surface area contributed by atoms with Crippen LogP contribution in [0, 0.1) is 0 Å². The zero-order chi connectivity index (χ0) is 22.1. The van der Waals surface area contributed by atoms with Gasteiger partial charge in [0.2, 0.25) is 0 Å². The standard InChI is InChI=1S/C20H17F3N2O5/c21-20(22,23)16-4-2-1-3-14(16)17-7-11-5-6-12(8-15(11)18(28)24-17)25(19(29)30)13(9-26)10-27/h1-8,13,26-27H,9-10H2,(H,24,28)(H,29,30). The van der Waals surface area contributed by atoms with Gasteiger partial charge in [-0.15, -0.1) is 0 Å². The fourth-order valence-electron chi connectivity index (χ4n) is 3.21. The van der Waals surface area contributed by atoms with E-state index in [1.165, 1.54) is 42.5 Å². The molecule has 0 bridgehead atoms. The normalized spacial score (nSPS) is 11.8. The zero-order valence-electron chi connectivity index (χ0n) is 15.3. The maximum absolute atomic E-state index is 13.3. The van der Waals surface area contributed by atoms with Gasteiger partial charge in [0.05, 0.1) is 24.8 Å². The van der Waals surface area contributed by atoms with Gasteiger partial charge in [0, 0.05) is 22.3 Å².